The normalized spacial score (nSPS) is 13.3. The summed E-state index contributed by atoms with van der Waals surface area (Å²) in [6.07, 6.45) is 4.92. The maximum absolute atomic E-state index is 13.0. The van der Waals surface area contributed by atoms with Crippen molar-refractivity contribution in [1.82, 2.24) is 34.7 Å². The van der Waals surface area contributed by atoms with Crippen LogP contribution in [-0.4, -0.2) is 71.5 Å². The van der Waals surface area contributed by atoms with E-state index in [4.69, 9.17) is 9.90 Å². The Hall–Kier alpha value is -4.86. The lowest BCUT2D eigenvalue weighted by Crippen LogP contribution is -2.48. The summed E-state index contributed by atoms with van der Waals surface area (Å²) in [4.78, 5) is 42.8. The molecule has 4 aromatic heterocycles. The average Bonchev–Trinajstić information content (AvgIpc) is 3.45. The van der Waals surface area contributed by atoms with E-state index in [1.54, 1.807) is 47.0 Å². The number of carboxylic acids is 1. The van der Waals surface area contributed by atoms with Gasteiger partial charge in [-0.2, -0.15) is 23.4 Å². The predicted octanol–water partition coefficient (Wildman–Crippen LogP) is 1.88. The molecule has 1 fully saturated rings. The van der Waals surface area contributed by atoms with Gasteiger partial charge < -0.3 is 21.1 Å². The van der Waals surface area contributed by atoms with Gasteiger partial charge in [0.1, 0.15) is 0 Å². The zero-order chi connectivity index (χ0) is 28.3. The first kappa shape index (κ1) is 27.2. The summed E-state index contributed by atoms with van der Waals surface area (Å²) in [6, 6.07) is 1.70. The van der Waals surface area contributed by atoms with E-state index >= 15 is 0 Å². The van der Waals surface area contributed by atoms with Gasteiger partial charge in [0.05, 0.1) is 70.7 Å². The van der Waals surface area contributed by atoms with Crippen molar-refractivity contribution >= 4 is 34.7 Å². The van der Waals surface area contributed by atoms with Crippen LogP contribution >= 0.6 is 0 Å². The van der Waals surface area contributed by atoms with Crippen LogP contribution in [-0.2, 0) is 16.6 Å². The monoisotopic (exact) mass is 545 g/mol. The quantitative estimate of drug-likeness (QED) is 0.293. The maximum atomic E-state index is 13.0. The van der Waals surface area contributed by atoms with Crippen molar-refractivity contribution in [2.24, 2.45) is 13.0 Å². The van der Waals surface area contributed by atoms with Gasteiger partial charge in [-0.3, -0.25) is 24.2 Å². The first-order valence-corrected chi connectivity index (χ1v) is 11.3. The minimum atomic E-state index is -5.08. The van der Waals surface area contributed by atoms with Crippen LogP contribution in [0.2, 0.25) is 0 Å². The molecule has 0 atom stereocenters. The van der Waals surface area contributed by atoms with E-state index in [-0.39, 0.29) is 17.7 Å². The SMILES string of the molecule is Cc1ncc(NC(=O)C2CNC2)cc1NC(=O)c1cnn2cc(-c3cnn(C)c3)ncc12.O=C(O)C(F)(F)F. The van der Waals surface area contributed by atoms with E-state index in [1.807, 2.05) is 13.2 Å². The van der Waals surface area contributed by atoms with Crippen molar-refractivity contribution < 1.29 is 32.7 Å². The fraction of sp³-hybridized carbons (Fsp3) is 0.261. The molecule has 0 spiro atoms. The van der Waals surface area contributed by atoms with Gasteiger partial charge in [-0.15, -0.1) is 0 Å². The number of anilines is 2. The largest absolute Gasteiger partial charge is 0.490 e. The lowest BCUT2D eigenvalue weighted by Gasteiger charge is -2.25. The number of rotatable bonds is 5. The smallest absolute Gasteiger partial charge is 0.475 e. The highest BCUT2D eigenvalue weighted by Crippen LogP contribution is 2.22. The number of fused-ring (bicyclic) bond motifs is 1. The fourth-order valence-corrected chi connectivity index (χ4v) is 3.40. The molecule has 1 saturated heterocycles. The molecule has 4 aromatic rings. The van der Waals surface area contributed by atoms with Crippen LogP contribution in [0.4, 0.5) is 24.5 Å². The van der Waals surface area contributed by atoms with Crippen LogP contribution < -0.4 is 16.0 Å². The summed E-state index contributed by atoms with van der Waals surface area (Å²) in [5.41, 5.74) is 4.19. The summed E-state index contributed by atoms with van der Waals surface area (Å²) in [7, 11) is 1.83. The summed E-state index contributed by atoms with van der Waals surface area (Å²) in [6.45, 7) is 3.12. The highest BCUT2D eigenvalue weighted by atomic mass is 19.4. The minimum absolute atomic E-state index is 0.0443. The van der Waals surface area contributed by atoms with Crippen molar-refractivity contribution in [3.63, 3.8) is 0 Å². The van der Waals surface area contributed by atoms with E-state index in [1.165, 1.54) is 6.20 Å². The molecule has 0 aromatic carbocycles. The predicted molar refractivity (Wildman–Crippen MR) is 131 cm³/mol. The molecule has 1 aliphatic rings. The standard InChI is InChI=1S/C21H21N9O2.C2HF3O2/c1-12-17(3-15(7-23-12)27-20(31)13-4-22-5-13)28-21(32)16-8-26-30-11-18(24-9-19(16)30)14-6-25-29(2)10-14;3-2(4,5)1(6)7/h3,6-11,13,22H,4-5H2,1-2H3,(H,27,31)(H,28,32);(H,6,7). The second kappa shape index (κ2) is 10.9. The van der Waals surface area contributed by atoms with Gasteiger partial charge in [0.15, 0.2) is 0 Å². The molecule has 39 heavy (non-hydrogen) atoms. The Morgan fingerprint density at radius 1 is 1.05 bits per heavy atom. The van der Waals surface area contributed by atoms with Crippen molar-refractivity contribution in [2.75, 3.05) is 23.7 Å². The number of aliphatic carboxylic acids is 1. The molecule has 0 bridgehead atoms. The number of hydrogen-bond acceptors (Lipinski definition) is 8. The first-order chi connectivity index (χ1) is 18.4. The zero-order valence-electron chi connectivity index (χ0n) is 20.5. The van der Waals surface area contributed by atoms with Gasteiger partial charge in [0.25, 0.3) is 5.91 Å². The number of nitrogens with zero attached hydrogens (tertiary/aromatic N) is 6. The molecule has 1 aliphatic heterocycles. The molecule has 2 amide bonds. The Balaban J connectivity index is 0.000000448. The number of alkyl halides is 3. The number of amides is 2. The second-order valence-electron chi connectivity index (χ2n) is 8.52. The van der Waals surface area contributed by atoms with Gasteiger partial charge >= 0.3 is 12.1 Å². The number of nitrogens with one attached hydrogen (secondary N) is 3. The molecular formula is C23H22F3N9O4. The molecule has 16 heteroatoms. The number of carbonyl (C=O) groups excluding carboxylic acids is 2. The zero-order valence-corrected chi connectivity index (χ0v) is 20.5. The van der Waals surface area contributed by atoms with Crippen molar-refractivity contribution in [2.45, 2.75) is 13.1 Å². The topological polar surface area (TPSA) is 168 Å². The third-order valence-electron chi connectivity index (χ3n) is 5.65. The van der Waals surface area contributed by atoms with E-state index in [9.17, 15) is 22.8 Å². The molecular weight excluding hydrogens is 523 g/mol. The second-order valence-corrected chi connectivity index (χ2v) is 8.52. The average molecular weight is 545 g/mol. The Labute approximate surface area is 218 Å². The summed E-state index contributed by atoms with van der Waals surface area (Å²) in [5.74, 6) is -3.21. The third kappa shape index (κ3) is 6.35. The number of carbonyl (C=O) groups is 3. The highest BCUT2D eigenvalue weighted by Gasteiger charge is 2.38. The van der Waals surface area contributed by atoms with Gasteiger partial charge in [-0.25, -0.2) is 9.31 Å². The molecule has 5 heterocycles. The first-order valence-electron chi connectivity index (χ1n) is 11.3. The van der Waals surface area contributed by atoms with E-state index in [0.717, 1.165) is 5.56 Å². The Morgan fingerprint density at radius 3 is 2.36 bits per heavy atom. The van der Waals surface area contributed by atoms with Crippen LogP contribution in [0.3, 0.4) is 0 Å². The molecule has 0 aliphatic carbocycles. The minimum Gasteiger partial charge on any atom is -0.475 e. The molecule has 204 valence electrons. The molecule has 0 saturated carbocycles. The van der Waals surface area contributed by atoms with Crippen LogP contribution in [0.15, 0.2) is 43.2 Å². The number of hydrogen-bond donors (Lipinski definition) is 4. The van der Waals surface area contributed by atoms with Gasteiger partial charge in [0, 0.05) is 31.9 Å². The lowest BCUT2D eigenvalue weighted by atomic mass is 10.0. The lowest BCUT2D eigenvalue weighted by molar-refractivity contribution is -0.192. The third-order valence-corrected chi connectivity index (χ3v) is 5.65. The van der Waals surface area contributed by atoms with Crippen molar-refractivity contribution in [1.29, 1.82) is 0 Å². The van der Waals surface area contributed by atoms with Gasteiger partial charge in [0.2, 0.25) is 5.91 Å². The van der Waals surface area contributed by atoms with Gasteiger partial charge in [-0.1, -0.05) is 0 Å². The number of carboxylic acid groups (broad SMARTS) is 1. The highest BCUT2D eigenvalue weighted by molar-refractivity contribution is 6.09. The van der Waals surface area contributed by atoms with Crippen LogP contribution in [0.25, 0.3) is 16.8 Å². The molecule has 13 nitrogen and oxygen atoms in total. The van der Waals surface area contributed by atoms with Crippen molar-refractivity contribution in [3.8, 4) is 11.3 Å². The summed E-state index contributed by atoms with van der Waals surface area (Å²) >= 11 is 0. The molecule has 0 radical (unpaired) electrons. The van der Waals surface area contributed by atoms with Crippen LogP contribution in [0.5, 0.6) is 0 Å². The Bertz CT molecular complexity index is 1540. The Morgan fingerprint density at radius 2 is 1.77 bits per heavy atom. The van der Waals surface area contributed by atoms with E-state index in [0.29, 0.717) is 46.9 Å². The fourth-order valence-electron chi connectivity index (χ4n) is 3.40. The summed E-state index contributed by atoms with van der Waals surface area (Å²) in [5, 5.41) is 24.4. The van der Waals surface area contributed by atoms with E-state index in [2.05, 4.69) is 36.1 Å². The van der Waals surface area contributed by atoms with Gasteiger partial charge in [-0.05, 0) is 13.0 Å². The molecule has 0 unspecified atom stereocenters. The van der Waals surface area contributed by atoms with Crippen molar-refractivity contribution in [3.05, 3.63) is 54.5 Å². The molecule has 5 rings (SSSR count). The van der Waals surface area contributed by atoms with Crippen LogP contribution in [0.1, 0.15) is 16.1 Å². The number of pyridine rings is 1. The van der Waals surface area contributed by atoms with E-state index < -0.39 is 12.1 Å². The summed E-state index contributed by atoms with van der Waals surface area (Å²) < 4.78 is 35.0. The Kier molecular flexibility index (Phi) is 7.57. The number of halogens is 3. The maximum Gasteiger partial charge on any atom is 0.490 e. The number of aryl methyl sites for hydroxylation is 2. The van der Waals surface area contributed by atoms with Crippen LogP contribution in [0, 0.1) is 12.8 Å². The number of aromatic nitrogens is 6. The molecule has 4 N–H and O–H groups in total.